The van der Waals surface area contributed by atoms with Gasteiger partial charge in [0.05, 0.1) is 29.4 Å². The number of halogens is 1. The van der Waals surface area contributed by atoms with E-state index >= 15 is 0 Å². The van der Waals surface area contributed by atoms with Crippen LogP contribution < -0.4 is 14.8 Å². The van der Waals surface area contributed by atoms with Gasteiger partial charge in [-0.15, -0.1) is 11.3 Å². The van der Waals surface area contributed by atoms with Gasteiger partial charge in [-0.2, -0.15) is 0 Å². The number of rotatable bonds is 8. The smallest absolute Gasteiger partial charge is 0.338 e. The van der Waals surface area contributed by atoms with Crippen molar-refractivity contribution in [2.24, 2.45) is 0 Å². The van der Waals surface area contributed by atoms with Crippen LogP contribution in [0.4, 0.5) is 5.13 Å². The number of hydrogen-bond acceptors (Lipinski definition) is 7. The molecule has 26 heavy (non-hydrogen) atoms. The van der Waals surface area contributed by atoms with E-state index in [9.17, 15) is 9.59 Å². The number of thiazole rings is 1. The van der Waals surface area contributed by atoms with E-state index in [0.29, 0.717) is 39.0 Å². The van der Waals surface area contributed by atoms with Crippen molar-refractivity contribution in [3.63, 3.8) is 0 Å². The molecule has 0 radical (unpaired) electrons. The second kappa shape index (κ2) is 9.54. The summed E-state index contributed by atoms with van der Waals surface area (Å²) >= 11 is 4.66. The largest absolute Gasteiger partial charge is 0.493 e. The Kier molecular flexibility index (Phi) is 7.40. The van der Waals surface area contributed by atoms with E-state index < -0.39 is 5.97 Å². The summed E-state index contributed by atoms with van der Waals surface area (Å²) in [6.45, 7) is 3.95. The van der Waals surface area contributed by atoms with E-state index in [2.05, 4.69) is 26.2 Å². The lowest BCUT2D eigenvalue weighted by Crippen LogP contribution is -2.08. The van der Waals surface area contributed by atoms with Crippen LogP contribution in [-0.4, -0.2) is 30.6 Å². The van der Waals surface area contributed by atoms with Crippen LogP contribution in [0.5, 0.6) is 11.5 Å². The van der Waals surface area contributed by atoms with Crippen LogP contribution >= 0.6 is 27.3 Å². The quantitative estimate of drug-likeness (QED) is 0.621. The topological polar surface area (TPSA) is 86.8 Å². The number of methoxy groups -OCH3 is 1. The maximum Gasteiger partial charge on any atom is 0.338 e. The SMILES string of the molecule is CCCOc1c(Br)cc(C(=O)OCc2csc(NC(C)=O)n2)cc1OC. The van der Waals surface area contributed by atoms with Crippen molar-refractivity contribution in [3.05, 3.63) is 33.2 Å². The molecule has 2 rings (SSSR count). The number of esters is 1. The van der Waals surface area contributed by atoms with E-state index in [0.717, 1.165) is 6.42 Å². The summed E-state index contributed by atoms with van der Waals surface area (Å²) in [5, 5.41) is 4.76. The fraction of sp³-hybridized carbons (Fsp3) is 0.353. The van der Waals surface area contributed by atoms with Crippen LogP contribution in [0.15, 0.2) is 22.0 Å². The predicted octanol–water partition coefficient (Wildman–Crippen LogP) is 4.02. The number of ether oxygens (including phenoxy) is 3. The second-order valence-electron chi connectivity index (χ2n) is 5.24. The molecule has 0 aliphatic rings. The van der Waals surface area contributed by atoms with Crippen LogP contribution in [0, 0.1) is 0 Å². The van der Waals surface area contributed by atoms with Crippen LogP contribution in [-0.2, 0) is 16.1 Å². The Morgan fingerprint density at radius 2 is 2.12 bits per heavy atom. The molecule has 0 unspecified atom stereocenters. The van der Waals surface area contributed by atoms with Gasteiger partial charge in [0.25, 0.3) is 0 Å². The van der Waals surface area contributed by atoms with Crippen LogP contribution in [0.1, 0.15) is 36.3 Å². The van der Waals surface area contributed by atoms with Gasteiger partial charge in [0.1, 0.15) is 6.61 Å². The zero-order valence-electron chi connectivity index (χ0n) is 14.6. The average molecular weight is 443 g/mol. The molecule has 1 aromatic heterocycles. The van der Waals surface area contributed by atoms with Gasteiger partial charge in [0.15, 0.2) is 16.6 Å². The Labute approximate surface area is 163 Å². The third-order valence-electron chi connectivity index (χ3n) is 3.10. The highest BCUT2D eigenvalue weighted by Gasteiger charge is 2.17. The monoisotopic (exact) mass is 442 g/mol. The summed E-state index contributed by atoms with van der Waals surface area (Å²) in [6, 6.07) is 3.20. The standard InChI is InChI=1S/C17H19BrN2O5S/c1-4-5-24-15-13(18)6-11(7-14(15)23-3)16(22)25-8-12-9-26-17(20-12)19-10(2)21/h6-7,9H,4-5,8H2,1-3H3,(H,19,20,21). The van der Waals surface area contributed by atoms with E-state index in [-0.39, 0.29) is 12.5 Å². The Morgan fingerprint density at radius 1 is 1.35 bits per heavy atom. The molecular weight excluding hydrogens is 424 g/mol. The molecule has 1 aromatic carbocycles. The average Bonchev–Trinajstić information content (AvgIpc) is 3.04. The first-order chi connectivity index (χ1) is 12.4. The number of benzene rings is 1. The summed E-state index contributed by atoms with van der Waals surface area (Å²) in [5.41, 5.74) is 0.885. The molecule has 0 fully saturated rings. The number of carbonyl (C=O) groups is 2. The molecule has 0 spiro atoms. The summed E-state index contributed by atoms with van der Waals surface area (Å²) in [5.74, 6) is 0.275. The Hall–Kier alpha value is -2.13. The van der Waals surface area contributed by atoms with Gasteiger partial charge in [-0.3, -0.25) is 4.79 Å². The summed E-state index contributed by atoms with van der Waals surface area (Å²) in [4.78, 5) is 27.5. The minimum atomic E-state index is -0.514. The number of nitrogens with zero attached hydrogens (tertiary/aromatic N) is 1. The predicted molar refractivity (Wildman–Crippen MR) is 102 cm³/mol. The Morgan fingerprint density at radius 3 is 2.77 bits per heavy atom. The molecular formula is C17H19BrN2O5S. The molecule has 140 valence electrons. The van der Waals surface area contributed by atoms with E-state index in [4.69, 9.17) is 14.2 Å². The van der Waals surface area contributed by atoms with Crippen molar-refractivity contribution < 1.29 is 23.8 Å². The zero-order chi connectivity index (χ0) is 19.1. The normalized spacial score (nSPS) is 10.3. The molecule has 0 bridgehead atoms. The highest BCUT2D eigenvalue weighted by molar-refractivity contribution is 9.10. The molecule has 1 amide bonds. The van der Waals surface area contributed by atoms with Gasteiger partial charge in [0.2, 0.25) is 5.91 Å². The summed E-state index contributed by atoms with van der Waals surface area (Å²) in [6.07, 6.45) is 0.855. The molecule has 1 N–H and O–H groups in total. The molecule has 2 aromatic rings. The van der Waals surface area contributed by atoms with Crippen molar-refractivity contribution in [2.75, 3.05) is 19.0 Å². The van der Waals surface area contributed by atoms with Crippen molar-refractivity contribution in [1.29, 1.82) is 0 Å². The summed E-state index contributed by atoms with van der Waals surface area (Å²) < 4.78 is 16.8. The Balaban J connectivity index is 2.05. The van der Waals surface area contributed by atoms with Crippen LogP contribution in [0.25, 0.3) is 0 Å². The van der Waals surface area contributed by atoms with Gasteiger partial charge in [-0.25, -0.2) is 9.78 Å². The maximum atomic E-state index is 12.3. The first-order valence-corrected chi connectivity index (χ1v) is 9.51. The van der Waals surface area contributed by atoms with Gasteiger partial charge < -0.3 is 19.5 Å². The van der Waals surface area contributed by atoms with Gasteiger partial charge in [-0.1, -0.05) is 6.92 Å². The lowest BCUT2D eigenvalue weighted by atomic mass is 10.2. The third kappa shape index (κ3) is 5.43. The highest BCUT2D eigenvalue weighted by Crippen LogP contribution is 2.37. The minimum absolute atomic E-state index is 0.00292. The van der Waals surface area contributed by atoms with Gasteiger partial charge >= 0.3 is 5.97 Å². The lowest BCUT2D eigenvalue weighted by Gasteiger charge is -2.13. The molecule has 0 aliphatic heterocycles. The number of hydrogen-bond donors (Lipinski definition) is 1. The fourth-order valence-electron chi connectivity index (χ4n) is 1.99. The molecule has 0 aliphatic carbocycles. The number of aromatic nitrogens is 1. The third-order valence-corrected chi connectivity index (χ3v) is 4.50. The van der Waals surface area contributed by atoms with Crippen LogP contribution in [0.2, 0.25) is 0 Å². The van der Waals surface area contributed by atoms with Crippen molar-refractivity contribution >= 4 is 44.3 Å². The highest BCUT2D eigenvalue weighted by atomic mass is 79.9. The molecule has 7 nitrogen and oxygen atoms in total. The minimum Gasteiger partial charge on any atom is -0.493 e. The first-order valence-electron chi connectivity index (χ1n) is 7.84. The van der Waals surface area contributed by atoms with E-state index in [1.54, 1.807) is 17.5 Å². The van der Waals surface area contributed by atoms with Crippen LogP contribution in [0.3, 0.4) is 0 Å². The van der Waals surface area contributed by atoms with Crippen molar-refractivity contribution in [2.45, 2.75) is 26.9 Å². The van der Waals surface area contributed by atoms with E-state index in [1.807, 2.05) is 6.92 Å². The van der Waals surface area contributed by atoms with Crippen molar-refractivity contribution in [3.8, 4) is 11.5 Å². The van der Waals surface area contributed by atoms with Gasteiger partial charge in [-0.05, 0) is 34.5 Å². The lowest BCUT2D eigenvalue weighted by molar-refractivity contribution is -0.114. The number of anilines is 1. The number of carbonyl (C=O) groups excluding carboxylic acids is 2. The Bertz CT molecular complexity index is 793. The molecule has 1 heterocycles. The van der Waals surface area contributed by atoms with Gasteiger partial charge in [0, 0.05) is 12.3 Å². The van der Waals surface area contributed by atoms with E-state index in [1.165, 1.54) is 25.4 Å². The summed E-state index contributed by atoms with van der Waals surface area (Å²) in [7, 11) is 1.51. The zero-order valence-corrected chi connectivity index (χ0v) is 17.0. The molecule has 9 heteroatoms. The molecule has 0 saturated carbocycles. The number of amides is 1. The number of nitrogens with one attached hydrogen (secondary N) is 1. The second-order valence-corrected chi connectivity index (χ2v) is 6.95. The fourth-order valence-corrected chi connectivity index (χ4v) is 3.28. The molecule has 0 atom stereocenters. The van der Waals surface area contributed by atoms with Crippen molar-refractivity contribution in [1.82, 2.24) is 4.98 Å². The molecule has 0 saturated heterocycles. The first kappa shape index (κ1) is 20.2. The maximum absolute atomic E-state index is 12.3.